The molecule has 1 aliphatic rings. The Morgan fingerprint density at radius 1 is 1.45 bits per heavy atom. The number of anilines is 2. The highest BCUT2D eigenvalue weighted by molar-refractivity contribution is 7.99. The van der Waals surface area contributed by atoms with Gasteiger partial charge in [-0.25, -0.2) is 0 Å². The first-order valence-corrected chi connectivity index (χ1v) is 8.93. The molecule has 2 aromatic rings. The van der Waals surface area contributed by atoms with E-state index in [1.54, 1.807) is 11.6 Å². The molecule has 0 saturated heterocycles. The van der Waals surface area contributed by atoms with Crippen molar-refractivity contribution in [1.82, 2.24) is 4.57 Å². The van der Waals surface area contributed by atoms with Crippen LogP contribution in [0.1, 0.15) is 20.3 Å². The number of nitrogens with two attached hydrogens (primary N) is 1. The quantitative estimate of drug-likeness (QED) is 0.828. The van der Waals surface area contributed by atoms with E-state index in [-0.39, 0.29) is 11.2 Å². The minimum Gasteiger partial charge on any atom is -0.393 e. The molecule has 2 heterocycles. The zero-order valence-electron chi connectivity index (χ0n) is 13.1. The van der Waals surface area contributed by atoms with Crippen molar-refractivity contribution in [2.45, 2.75) is 36.1 Å². The number of hydrogen-bond acceptors (Lipinski definition) is 5. The maximum absolute atomic E-state index is 12.2. The van der Waals surface area contributed by atoms with Crippen molar-refractivity contribution in [3.8, 4) is 0 Å². The van der Waals surface area contributed by atoms with Crippen molar-refractivity contribution in [3.05, 3.63) is 22.5 Å². The van der Waals surface area contributed by atoms with Crippen molar-refractivity contribution in [3.63, 3.8) is 0 Å². The van der Waals surface area contributed by atoms with Crippen LogP contribution in [0, 0.1) is 0 Å². The minimum atomic E-state index is -0.184. The van der Waals surface area contributed by atoms with Gasteiger partial charge >= 0.3 is 0 Å². The predicted molar refractivity (Wildman–Crippen MR) is 98.7 cm³/mol. The average Bonchev–Trinajstić information content (AvgIpc) is 2.55. The Bertz CT molecular complexity index is 800. The summed E-state index contributed by atoms with van der Waals surface area (Å²) in [5.74, 6) is 1.08. The van der Waals surface area contributed by atoms with Crippen LogP contribution >= 0.6 is 24.4 Å². The lowest BCUT2D eigenvalue weighted by atomic mass is 10.1. The number of hydrogen-bond donors (Lipinski definition) is 2. The van der Waals surface area contributed by atoms with Gasteiger partial charge in [-0.3, -0.25) is 4.79 Å². The van der Waals surface area contributed by atoms with Gasteiger partial charge in [0.1, 0.15) is 5.69 Å². The fourth-order valence-corrected chi connectivity index (χ4v) is 4.26. The average molecular weight is 335 g/mol. The zero-order chi connectivity index (χ0) is 16.0. The molecule has 2 N–H and O–H groups in total. The van der Waals surface area contributed by atoms with Crippen molar-refractivity contribution in [2.75, 3.05) is 22.9 Å². The van der Waals surface area contributed by atoms with Gasteiger partial charge in [0.2, 0.25) is 0 Å². The minimum absolute atomic E-state index is 0.184. The van der Waals surface area contributed by atoms with E-state index in [1.807, 2.05) is 11.8 Å². The highest BCUT2D eigenvalue weighted by Crippen LogP contribution is 2.40. The smallest absolute Gasteiger partial charge is 0.275 e. The molecule has 4 nitrogen and oxygen atoms in total. The van der Waals surface area contributed by atoms with Gasteiger partial charge in [-0.15, -0.1) is 24.4 Å². The molecule has 0 fully saturated rings. The van der Waals surface area contributed by atoms with Crippen LogP contribution in [0.2, 0.25) is 0 Å². The van der Waals surface area contributed by atoms with Gasteiger partial charge in [0, 0.05) is 40.6 Å². The number of thiol groups is 1. The molecule has 1 aromatic heterocycles. The van der Waals surface area contributed by atoms with Gasteiger partial charge in [-0.1, -0.05) is 6.92 Å². The van der Waals surface area contributed by atoms with Crippen LogP contribution in [-0.2, 0) is 7.05 Å². The second-order valence-corrected chi connectivity index (χ2v) is 7.35. The molecule has 0 amide bonds. The first-order valence-electron chi connectivity index (χ1n) is 7.50. The lowest BCUT2D eigenvalue weighted by Gasteiger charge is -2.36. The third kappa shape index (κ3) is 2.29. The number of nitrogen functional groups attached to an aromatic ring is 1. The highest BCUT2D eigenvalue weighted by atomic mass is 32.2. The fourth-order valence-electron chi connectivity index (χ4n) is 2.95. The lowest BCUT2D eigenvalue weighted by Crippen LogP contribution is -2.37. The molecule has 0 bridgehead atoms. The topological polar surface area (TPSA) is 51.3 Å². The monoisotopic (exact) mass is 335 g/mol. The van der Waals surface area contributed by atoms with E-state index in [0.717, 1.165) is 29.6 Å². The maximum Gasteiger partial charge on any atom is 0.275 e. The number of fused-ring (bicyclic) bond motifs is 2. The molecule has 3 rings (SSSR count). The Morgan fingerprint density at radius 2 is 2.18 bits per heavy atom. The first kappa shape index (κ1) is 15.6. The van der Waals surface area contributed by atoms with Crippen LogP contribution in [-0.4, -0.2) is 22.9 Å². The van der Waals surface area contributed by atoms with Crippen molar-refractivity contribution in [2.24, 2.45) is 7.05 Å². The molecule has 1 unspecified atom stereocenters. The van der Waals surface area contributed by atoms with Gasteiger partial charge < -0.3 is 15.2 Å². The predicted octanol–water partition coefficient (Wildman–Crippen LogP) is 3.12. The number of benzene rings is 1. The molecule has 0 saturated carbocycles. The first-order chi connectivity index (χ1) is 10.5. The van der Waals surface area contributed by atoms with E-state index in [1.165, 1.54) is 10.6 Å². The maximum atomic E-state index is 12.2. The molecule has 0 aliphatic carbocycles. The molecule has 1 aromatic carbocycles. The van der Waals surface area contributed by atoms with E-state index in [2.05, 4.69) is 43.5 Å². The number of pyridine rings is 1. The molecular formula is C16H21N3OS2. The molecule has 6 heteroatoms. The van der Waals surface area contributed by atoms with Gasteiger partial charge in [0.25, 0.3) is 5.56 Å². The summed E-state index contributed by atoms with van der Waals surface area (Å²) in [6, 6.07) is 4.73. The Kier molecular flexibility index (Phi) is 4.07. The van der Waals surface area contributed by atoms with Gasteiger partial charge in [0.15, 0.2) is 0 Å². The number of nitrogens with zero attached hydrogens (tertiary/aromatic N) is 2. The Hall–Kier alpha value is -1.27. The summed E-state index contributed by atoms with van der Waals surface area (Å²) >= 11 is 6.32. The standard InChI is InChI=1S/C16H21N3OS2/c1-4-9(2)19-5-6-22-13-7-10-11(8-12(13)19)18(3)16(20)14(17)15(10)21/h7-9,21H,4-6,17H2,1-3H3. The largest absolute Gasteiger partial charge is 0.393 e. The fraction of sp³-hybridized carbons (Fsp3) is 0.438. The normalized spacial score (nSPS) is 15.9. The summed E-state index contributed by atoms with van der Waals surface area (Å²) in [7, 11) is 1.77. The lowest BCUT2D eigenvalue weighted by molar-refractivity contribution is 0.625. The van der Waals surface area contributed by atoms with E-state index in [9.17, 15) is 4.79 Å². The molecular weight excluding hydrogens is 314 g/mol. The molecule has 0 spiro atoms. The second kappa shape index (κ2) is 5.74. The summed E-state index contributed by atoms with van der Waals surface area (Å²) in [5, 5.41) is 0.945. The van der Waals surface area contributed by atoms with E-state index in [4.69, 9.17) is 5.73 Å². The molecule has 0 radical (unpaired) electrons. The van der Waals surface area contributed by atoms with Crippen LogP contribution < -0.4 is 16.2 Å². The van der Waals surface area contributed by atoms with Crippen molar-refractivity contribution >= 4 is 46.7 Å². The van der Waals surface area contributed by atoms with Gasteiger partial charge in [0.05, 0.1) is 11.2 Å². The summed E-state index contributed by atoms with van der Waals surface area (Å²) in [6.07, 6.45) is 1.10. The molecule has 118 valence electrons. The highest BCUT2D eigenvalue weighted by Gasteiger charge is 2.23. The second-order valence-electron chi connectivity index (χ2n) is 5.76. The summed E-state index contributed by atoms with van der Waals surface area (Å²) in [6.45, 7) is 5.49. The molecule has 1 aliphatic heterocycles. The van der Waals surface area contributed by atoms with Crippen LogP contribution in [0.4, 0.5) is 11.4 Å². The Morgan fingerprint density at radius 3 is 2.86 bits per heavy atom. The van der Waals surface area contributed by atoms with Crippen LogP contribution in [0.3, 0.4) is 0 Å². The van der Waals surface area contributed by atoms with E-state index in [0.29, 0.717) is 10.9 Å². The number of aryl methyl sites for hydroxylation is 1. The third-order valence-electron chi connectivity index (χ3n) is 4.51. The van der Waals surface area contributed by atoms with E-state index >= 15 is 0 Å². The van der Waals surface area contributed by atoms with Crippen LogP contribution in [0.5, 0.6) is 0 Å². The van der Waals surface area contributed by atoms with Crippen molar-refractivity contribution in [1.29, 1.82) is 0 Å². The van der Waals surface area contributed by atoms with E-state index < -0.39 is 0 Å². The SMILES string of the molecule is CCC(C)N1CCSc2cc3c(S)c(N)c(=O)n(C)c3cc21. The Balaban J connectivity index is 2.31. The number of rotatable bonds is 2. The summed E-state index contributed by atoms with van der Waals surface area (Å²) < 4.78 is 1.62. The summed E-state index contributed by atoms with van der Waals surface area (Å²) in [4.78, 5) is 16.5. The third-order valence-corrected chi connectivity index (χ3v) is 6.01. The van der Waals surface area contributed by atoms with Crippen molar-refractivity contribution < 1.29 is 0 Å². The Labute approximate surface area is 140 Å². The van der Waals surface area contributed by atoms with Gasteiger partial charge in [-0.2, -0.15) is 0 Å². The number of aromatic nitrogens is 1. The van der Waals surface area contributed by atoms with Crippen LogP contribution in [0.25, 0.3) is 10.9 Å². The number of thioether (sulfide) groups is 1. The molecule has 1 atom stereocenters. The summed E-state index contributed by atoms with van der Waals surface area (Å²) in [5.41, 5.74) is 8.03. The zero-order valence-corrected chi connectivity index (χ0v) is 14.8. The molecule has 22 heavy (non-hydrogen) atoms. The van der Waals surface area contributed by atoms with Gasteiger partial charge in [-0.05, 0) is 25.5 Å². The van der Waals surface area contributed by atoms with Crippen LogP contribution in [0.15, 0.2) is 26.7 Å².